The zero-order chi connectivity index (χ0) is 29.0. The van der Waals surface area contributed by atoms with E-state index in [1.165, 1.54) is 23.1 Å². The Morgan fingerprint density at radius 3 is 2.46 bits per heavy atom. The molecular weight excluding hydrogens is 517 g/mol. The Hall–Kier alpha value is -3.83. The van der Waals surface area contributed by atoms with Crippen molar-refractivity contribution >= 4 is 23.7 Å². The molecule has 0 aliphatic carbocycles. The van der Waals surface area contributed by atoms with E-state index in [9.17, 15) is 27.6 Å². The largest absolute Gasteiger partial charge is 0.573 e. The number of nitrogens with zero attached hydrogens (tertiary/aromatic N) is 2. The molecule has 12 heteroatoms. The third-order valence-corrected chi connectivity index (χ3v) is 5.80. The molecule has 0 spiro atoms. The average molecular weight is 551 g/mol. The summed E-state index contributed by atoms with van der Waals surface area (Å²) >= 11 is 0. The summed E-state index contributed by atoms with van der Waals surface area (Å²) in [6.45, 7) is 8.54. The van der Waals surface area contributed by atoms with Crippen LogP contribution in [0.2, 0.25) is 0 Å². The second kappa shape index (κ2) is 11.9. The Morgan fingerprint density at radius 2 is 1.82 bits per heavy atom. The Balaban J connectivity index is 1.88. The lowest BCUT2D eigenvalue weighted by molar-refractivity contribution is -0.274. The molecule has 0 fully saturated rings. The van der Waals surface area contributed by atoms with Gasteiger partial charge in [0.25, 0.3) is 5.91 Å². The summed E-state index contributed by atoms with van der Waals surface area (Å²) in [4.78, 5) is 45.4. The number of amides is 3. The molecule has 1 aromatic carbocycles. The van der Waals surface area contributed by atoms with Gasteiger partial charge in [-0.3, -0.25) is 14.5 Å². The molecule has 2 N–H and O–H groups in total. The van der Waals surface area contributed by atoms with Crippen molar-refractivity contribution in [3.05, 3.63) is 53.7 Å². The van der Waals surface area contributed by atoms with Crippen LogP contribution in [0.15, 0.2) is 42.6 Å². The number of benzene rings is 1. The number of alkyl carbamates (subject to hydrolysis) is 1. The highest BCUT2D eigenvalue weighted by atomic mass is 19.4. The van der Waals surface area contributed by atoms with E-state index in [1.807, 2.05) is 19.9 Å². The number of rotatable bonds is 7. The van der Waals surface area contributed by atoms with E-state index in [4.69, 9.17) is 4.74 Å². The number of halogens is 3. The van der Waals surface area contributed by atoms with Crippen molar-refractivity contribution in [1.29, 1.82) is 0 Å². The normalized spacial score (nSPS) is 16.7. The van der Waals surface area contributed by atoms with Gasteiger partial charge in [-0.1, -0.05) is 24.3 Å². The van der Waals surface area contributed by atoms with Gasteiger partial charge in [0.15, 0.2) is 0 Å². The lowest BCUT2D eigenvalue weighted by Crippen LogP contribution is -2.56. The number of para-hydroxylation sites is 1. The fraction of sp³-hybridized carbons (Fsp3) is 0.481. The minimum absolute atomic E-state index is 0.0265. The molecule has 3 amide bonds. The van der Waals surface area contributed by atoms with Crippen LogP contribution in [-0.2, 0) is 27.2 Å². The van der Waals surface area contributed by atoms with Gasteiger partial charge in [0.05, 0.1) is 0 Å². The maximum Gasteiger partial charge on any atom is 0.573 e. The first-order chi connectivity index (χ1) is 18.1. The SMILES string of the molecule is CC(C)N1C(=O)C(NC(=O)C(Cc2ccccc2OC(F)(F)F)NC(=O)OC(C)(C)C)CCc2cccnc21. The highest BCUT2D eigenvalue weighted by Crippen LogP contribution is 2.28. The van der Waals surface area contributed by atoms with Crippen molar-refractivity contribution in [1.82, 2.24) is 15.6 Å². The number of carbonyl (C=O) groups is 3. The van der Waals surface area contributed by atoms with Crippen molar-refractivity contribution in [2.75, 3.05) is 4.90 Å². The van der Waals surface area contributed by atoms with E-state index >= 15 is 0 Å². The second-order valence-corrected chi connectivity index (χ2v) is 10.4. The fourth-order valence-electron chi connectivity index (χ4n) is 4.22. The first-order valence-electron chi connectivity index (χ1n) is 12.5. The number of aryl methyl sites for hydroxylation is 1. The van der Waals surface area contributed by atoms with Crippen LogP contribution in [0.4, 0.5) is 23.8 Å². The van der Waals surface area contributed by atoms with Gasteiger partial charge < -0.3 is 20.1 Å². The minimum atomic E-state index is -4.96. The van der Waals surface area contributed by atoms with Crippen molar-refractivity contribution < 1.29 is 37.0 Å². The van der Waals surface area contributed by atoms with Gasteiger partial charge in [0.2, 0.25) is 5.91 Å². The number of nitrogens with one attached hydrogen (secondary N) is 2. The minimum Gasteiger partial charge on any atom is -0.444 e. The van der Waals surface area contributed by atoms with Gasteiger partial charge >= 0.3 is 12.5 Å². The highest BCUT2D eigenvalue weighted by Gasteiger charge is 2.36. The zero-order valence-corrected chi connectivity index (χ0v) is 22.5. The molecule has 0 radical (unpaired) electrons. The number of hydrogen-bond acceptors (Lipinski definition) is 6. The van der Waals surface area contributed by atoms with Gasteiger partial charge in [-0.25, -0.2) is 9.78 Å². The topological polar surface area (TPSA) is 110 Å². The summed E-state index contributed by atoms with van der Waals surface area (Å²) in [5.41, 5.74) is -0.0208. The summed E-state index contributed by atoms with van der Waals surface area (Å²) in [5, 5.41) is 5.13. The molecule has 0 saturated heterocycles. The molecule has 0 bridgehead atoms. The molecule has 39 heavy (non-hydrogen) atoms. The van der Waals surface area contributed by atoms with Crippen LogP contribution in [0, 0.1) is 0 Å². The molecule has 2 unspecified atom stereocenters. The Bertz CT molecular complexity index is 1200. The number of fused-ring (bicyclic) bond motifs is 1. The summed E-state index contributed by atoms with van der Waals surface area (Å²) in [6.07, 6.45) is -3.95. The Morgan fingerprint density at radius 1 is 1.13 bits per heavy atom. The summed E-state index contributed by atoms with van der Waals surface area (Å²) in [7, 11) is 0. The van der Waals surface area contributed by atoms with Crippen LogP contribution in [0.3, 0.4) is 0 Å². The van der Waals surface area contributed by atoms with Crippen molar-refractivity contribution in [3.63, 3.8) is 0 Å². The molecule has 9 nitrogen and oxygen atoms in total. The van der Waals surface area contributed by atoms with Crippen molar-refractivity contribution in [2.24, 2.45) is 0 Å². The van der Waals surface area contributed by atoms with Gasteiger partial charge in [-0.05, 0) is 70.7 Å². The van der Waals surface area contributed by atoms with E-state index in [1.54, 1.807) is 33.0 Å². The molecule has 3 rings (SSSR count). The van der Waals surface area contributed by atoms with E-state index < -0.39 is 41.8 Å². The molecule has 1 aliphatic rings. The van der Waals surface area contributed by atoms with Crippen LogP contribution in [-0.4, -0.2) is 53.0 Å². The van der Waals surface area contributed by atoms with Crippen LogP contribution in [0.1, 0.15) is 52.2 Å². The maximum absolute atomic E-state index is 13.5. The van der Waals surface area contributed by atoms with Gasteiger partial charge in [0.1, 0.15) is 29.3 Å². The third kappa shape index (κ3) is 8.33. The molecule has 212 valence electrons. The molecule has 2 heterocycles. The van der Waals surface area contributed by atoms with E-state index in [2.05, 4.69) is 20.4 Å². The number of alkyl halides is 3. The molecule has 1 aliphatic heterocycles. The summed E-state index contributed by atoms with van der Waals surface area (Å²) in [5.74, 6) is -1.14. The monoisotopic (exact) mass is 550 g/mol. The third-order valence-electron chi connectivity index (χ3n) is 5.80. The molecule has 1 aromatic heterocycles. The molecule has 2 aromatic rings. The number of anilines is 1. The zero-order valence-electron chi connectivity index (χ0n) is 22.5. The number of hydrogen-bond donors (Lipinski definition) is 2. The number of carbonyl (C=O) groups excluding carboxylic acids is 3. The smallest absolute Gasteiger partial charge is 0.444 e. The molecular formula is C27H33F3N4O5. The van der Waals surface area contributed by atoms with Crippen LogP contribution < -0.4 is 20.3 Å². The van der Waals surface area contributed by atoms with Gasteiger partial charge in [0, 0.05) is 18.7 Å². The summed E-state index contributed by atoms with van der Waals surface area (Å²) in [6, 6.07) is 6.36. The maximum atomic E-state index is 13.5. The lowest BCUT2D eigenvalue weighted by atomic mass is 10.0. The van der Waals surface area contributed by atoms with Crippen molar-refractivity contribution in [2.45, 2.75) is 84.0 Å². The number of aromatic nitrogens is 1. The first kappa shape index (κ1) is 29.7. The summed E-state index contributed by atoms with van der Waals surface area (Å²) < 4.78 is 48.3. The van der Waals surface area contributed by atoms with Crippen LogP contribution in [0.25, 0.3) is 0 Å². The van der Waals surface area contributed by atoms with Gasteiger partial charge in [-0.15, -0.1) is 13.2 Å². The van der Waals surface area contributed by atoms with E-state index in [-0.39, 0.29) is 30.4 Å². The van der Waals surface area contributed by atoms with Crippen molar-refractivity contribution in [3.8, 4) is 5.75 Å². The predicted molar refractivity (Wildman–Crippen MR) is 137 cm³/mol. The van der Waals surface area contributed by atoms with E-state index in [0.29, 0.717) is 12.2 Å². The predicted octanol–water partition coefficient (Wildman–Crippen LogP) is 4.29. The van der Waals surface area contributed by atoms with E-state index in [0.717, 1.165) is 11.6 Å². The lowest BCUT2D eigenvalue weighted by Gasteiger charge is -2.29. The molecule has 0 saturated carbocycles. The quantitative estimate of drug-likeness (QED) is 0.533. The number of ether oxygens (including phenoxy) is 2. The van der Waals surface area contributed by atoms with Crippen LogP contribution in [0.5, 0.6) is 5.75 Å². The molecule has 2 atom stereocenters. The van der Waals surface area contributed by atoms with Crippen LogP contribution >= 0.6 is 0 Å². The standard InChI is InChI=1S/C27H33F3N4O5/c1-16(2)34-22-17(10-8-14-31-22)12-13-19(24(34)36)32-23(35)20(33-25(37)39-26(3,4)5)15-18-9-6-7-11-21(18)38-27(28,29)30/h6-11,14,16,19-20H,12-13,15H2,1-5H3,(H,32,35)(H,33,37). The first-order valence-corrected chi connectivity index (χ1v) is 12.5. The second-order valence-electron chi connectivity index (χ2n) is 10.4. The Labute approximate surface area is 225 Å². The highest BCUT2D eigenvalue weighted by molar-refractivity contribution is 6.01. The Kier molecular flexibility index (Phi) is 9.08. The average Bonchev–Trinajstić information content (AvgIpc) is 2.94. The van der Waals surface area contributed by atoms with Gasteiger partial charge in [-0.2, -0.15) is 0 Å². The fourth-order valence-corrected chi connectivity index (χ4v) is 4.22. The number of pyridine rings is 1.